The van der Waals surface area contributed by atoms with Crippen molar-refractivity contribution in [1.29, 1.82) is 0 Å². The number of tetrazole rings is 1. The largest absolute Gasteiger partial charge is 0.497 e. The molecule has 0 unspecified atom stereocenters. The van der Waals surface area contributed by atoms with Gasteiger partial charge in [-0.1, -0.05) is 30.0 Å². The number of rotatable bonds is 6. The van der Waals surface area contributed by atoms with Crippen molar-refractivity contribution in [2.75, 3.05) is 7.11 Å². The molecule has 29 heavy (non-hydrogen) atoms. The van der Waals surface area contributed by atoms with E-state index in [0.717, 1.165) is 27.8 Å². The Kier molecular flexibility index (Phi) is 4.45. The van der Waals surface area contributed by atoms with Crippen LogP contribution in [0, 0.1) is 0 Å². The van der Waals surface area contributed by atoms with E-state index < -0.39 is 0 Å². The molecule has 9 nitrogen and oxygen atoms in total. The number of furan rings is 1. The molecule has 0 aliphatic rings. The lowest BCUT2D eigenvalue weighted by molar-refractivity contribution is 0.415. The van der Waals surface area contributed by atoms with Gasteiger partial charge < -0.3 is 14.1 Å². The van der Waals surface area contributed by atoms with Gasteiger partial charge >= 0.3 is 0 Å². The van der Waals surface area contributed by atoms with E-state index in [1.165, 1.54) is 11.8 Å². The number of nitrogens with zero attached hydrogens (tertiary/aromatic N) is 5. The zero-order valence-electron chi connectivity index (χ0n) is 15.3. The molecule has 0 aliphatic carbocycles. The molecule has 2 N–H and O–H groups in total. The number of nitrogens with one attached hydrogen (secondary N) is 2. The summed E-state index contributed by atoms with van der Waals surface area (Å²) in [5.74, 6) is 4.02. The van der Waals surface area contributed by atoms with Crippen LogP contribution in [0.2, 0.25) is 0 Å². The highest BCUT2D eigenvalue weighted by atomic mass is 32.2. The topological polar surface area (TPSA) is 118 Å². The fourth-order valence-corrected chi connectivity index (χ4v) is 3.59. The van der Waals surface area contributed by atoms with Gasteiger partial charge in [-0.05, 0) is 51.5 Å². The Morgan fingerprint density at radius 1 is 0.966 bits per heavy atom. The molecule has 0 bridgehead atoms. The zero-order chi connectivity index (χ0) is 19.6. The summed E-state index contributed by atoms with van der Waals surface area (Å²) < 4.78 is 11.3. The van der Waals surface area contributed by atoms with Crippen LogP contribution in [0.3, 0.4) is 0 Å². The van der Waals surface area contributed by atoms with Crippen molar-refractivity contribution in [2.45, 2.75) is 10.9 Å². The Balaban J connectivity index is 1.36. The number of aromatic nitrogens is 7. The Morgan fingerprint density at radius 3 is 2.69 bits per heavy atom. The SMILES string of the molecule is COc1ccc2cc(-c3ccc(-c4nnc(SCc5nnn[nH]5)[nH]4)o3)ccc2c1. The fourth-order valence-electron chi connectivity index (χ4n) is 2.92. The van der Waals surface area contributed by atoms with E-state index in [2.05, 4.69) is 47.9 Å². The number of thioether (sulfide) groups is 1. The van der Waals surface area contributed by atoms with E-state index in [1.54, 1.807) is 7.11 Å². The maximum Gasteiger partial charge on any atom is 0.197 e. The molecule has 0 saturated heterocycles. The molecule has 144 valence electrons. The molecular weight excluding hydrogens is 390 g/mol. The number of ether oxygens (including phenoxy) is 1. The number of hydrogen-bond acceptors (Lipinski definition) is 8. The fraction of sp³-hybridized carbons (Fsp3) is 0.105. The van der Waals surface area contributed by atoms with Crippen molar-refractivity contribution in [3.63, 3.8) is 0 Å². The van der Waals surface area contributed by atoms with E-state index in [1.807, 2.05) is 36.4 Å². The first kappa shape index (κ1) is 17.4. The van der Waals surface area contributed by atoms with Crippen molar-refractivity contribution < 1.29 is 9.15 Å². The smallest absolute Gasteiger partial charge is 0.197 e. The highest BCUT2D eigenvalue weighted by Crippen LogP contribution is 2.31. The predicted octanol–water partition coefficient (Wildman–Crippen LogP) is 3.70. The minimum absolute atomic E-state index is 0.562. The van der Waals surface area contributed by atoms with Crippen LogP contribution >= 0.6 is 11.8 Å². The standard InChI is InChI=1S/C19H15N7O2S/c1-27-14-5-4-11-8-13(3-2-12(11)9-14)15-6-7-16(28-15)18-20-19(24-23-18)29-10-17-21-25-26-22-17/h2-9H,10H2,1H3,(H,20,23,24)(H,21,22,25,26). The van der Waals surface area contributed by atoms with Crippen LogP contribution in [0.1, 0.15) is 5.82 Å². The third-order valence-corrected chi connectivity index (χ3v) is 5.25. The summed E-state index contributed by atoms with van der Waals surface area (Å²) >= 11 is 1.45. The van der Waals surface area contributed by atoms with E-state index in [9.17, 15) is 0 Å². The summed E-state index contributed by atoms with van der Waals surface area (Å²) in [5.41, 5.74) is 0.987. The summed E-state index contributed by atoms with van der Waals surface area (Å²) in [6, 6.07) is 16.0. The van der Waals surface area contributed by atoms with Gasteiger partial charge in [0.15, 0.2) is 22.6 Å². The van der Waals surface area contributed by atoms with Crippen LogP contribution in [0.4, 0.5) is 0 Å². The molecule has 0 radical (unpaired) electrons. The average Bonchev–Trinajstić information content (AvgIpc) is 3.52. The number of fused-ring (bicyclic) bond motifs is 1. The minimum atomic E-state index is 0.562. The lowest BCUT2D eigenvalue weighted by Crippen LogP contribution is -1.85. The number of H-pyrrole nitrogens is 2. The second kappa shape index (κ2) is 7.40. The van der Waals surface area contributed by atoms with Crippen molar-refractivity contribution in [3.05, 3.63) is 54.4 Å². The molecule has 0 amide bonds. The lowest BCUT2D eigenvalue weighted by atomic mass is 10.1. The van der Waals surface area contributed by atoms with Gasteiger partial charge in [-0.2, -0.15) is 0 Å². The van der Waals surface area contributed by atoms with Crippen LogP contribution in [0.5, 0.6) is 5.75 Å². The van der Waals surface area contributed by atoms with E-state index in [-0.39, 0.29) is 0 Å². The van der Waals surface area contributed by atoms with E-state index in [0.29, 0.717) is 28.3 Å². The maximum absolute atomic E-state index is 6.01. The van der Waals surface area contributed by atoms with Gasteiger partial charge in [-0.25, -0.2) is 5.10 Å². The van der Waals surface area contributed by atoms with Gasteiger partial charge in [-0.3, -0.25) is 0 Å². The summed E-state index contributed by atoms with van der Waals surface area (Å²) in [4.78, 5) is 3.15. The average molecular weight is 405 g/mol. The Labute approximate surface area is 168 Å². The van der Waals surface area contributed by atoms with Crippen molar-refractivity contribution in [3.8, 4) is 28.7 Å². The van der Waals surface area contributed by atoms with Gasteiger partial charge in [0, 0.05) is 5.56 Å². The zero-order valence-corrected chi connectivity index (χ0v) is 16.1. The summed E-state index contributed by atoms with van der Waals surface area (Å²) in [7, 11) is 1.67. The van der Waals surface area contributed by atoms with E-state index in [4.69, 9.17) is 9.15 Å². The first-order chi connectivity index (χ1) is 14.3. The second-order valence-corrected chi connectivity index (χ2v) is 7.17. The molecule has 0 fully saturated rings. The molecule has 3 heterocycles. The molecule has 5 rings (SSSR count). The molecular formula is C19H15N7O2S. The quantitative estimate of drug-likeness (QED) is 0.411. The number of aromatic amines is 2. The molecule has 5 aromatic rings. The Hall–Kier alpha value is -3.66. The summed E-state index contributed by atoms with van der Waals surface area (Å²) in [6.45, 7) is 0. The molecule has 2 aromatic carbocycles. The molecule has 0 aliphatic heterocycles. The van der Waals surface area contributed by atoms with Crippen molar-refractivity contribution in [1.82, 2.24) is 35.8 Å². The van der Waals surface area contributed by atoms with Crippen LogP contribution in [-0.4, -0.2) is 42.9 Å². The van der Waals surface area contributed by atoms with E-state index >= 15 is 0 Å². The highest BCUT2D eigenvalue weighted by Gasteiger charge is 2.12. The first-order valence-corrected chi connectivity index (χ1v) is 9.73. The third-order valence-electron chi connectivity index (χ3n) is 4.37. The van der Waals surface area contributed by atoms with Crippen molar-refractivity contribution >= 4 is 22.5 Å². The van der Waals surface area contributed by atoms with Crippen LogP contribution in [0.15, 0.2) is 58.1 Å². The lowest BCUT2D eigenvalue weighted by Gasteiger charge is -2.04. The summed E-state index contributed by atoms with van der Waals surface area (Å²) in [6.07, 6.45) is 0. The van der Waals surface area contributed by atoms with Crippen LogP contribution < -0.4 is 4.74 Å². The highest BCUT2D eigenvalue weighted by molar-refractivity contribution is 7.98. The first-order valence-electron chi connectivity index (χ1n) is 8.75. The van der Waals surface area contributed by atoms with Gasteiger partial charge in [0.2, 0.25) is 0 Å². The van der Waals surface area contributed by atoms with Crippen molar-refractivity contribution in [2.24, 2.45) is 0 Å². The molecule has 0 spiro atoms. The van der Waals surface area contributed by atoms with Gasteiger partial charge in [0.25, 0.3) is 0 Å². The monoisotopic (exact) mass is 405 g/mol. The number of benzene rings is 2. The molecule has 10 heteroatoms. The number of hydrogen-bond donors (Lipinski definition) is 2. The normalized spacial score (nSPS) is 11.2. The Bertz CT molecular complexity index is 1260. The third kappa shape index (κ3) is 3.57. The van der Waals surface area contributed by atoms with Gasteiger partial charge in [-0.15, -0.1) is 15.3 Å². The minimum Gasteiger partial charge on any atom is -0.497 e. The van der Waals surface area contributed by atoms with Gasteiger partial charge in [0.1, 0.15) is 11.5 Å². The summed E-state index contributed by atoms with van der Waals surface area (Å²) in [5, 5.41) is 24.8. The second-order valence-electron chi connectivity index (χ2n) is 6.21. The van der Waals surface area contributed by atoms with Gasteiger partial charge in [0.05, 0.1) is 12.9 Å². The molecule has 3 aromatic heterocycles. The Morgan fingerprint density at radius 2 is 1.83 bits per heavy atom. The number of methoxy groups -OCH3 is 1. The predicted molar refractivity (Wildman–Crippen MR) is 107 cm³/mol. The molecule has 0 saturated carbocycles. The van der Waals surface area contributed by atoms with Crippen LogP contribution in [0.25, 0.3) is 33.7 Å². The van der Waals surface area contributed by atoms with Crippen LogP contribution in [-0.2, 0) is 5.75 Å². The molecule has 0 atom stereocenters. The maximum atomic E-state index is 6.01.